The maximum Gasteiger partial charge on any atom is 0.123 e. The fourth-order valence-electron chi connectivity index (χ4n) is 1.97. The number of benzene rings is 1. The zero-order chi connectivity index (χ0) is 14.5. The minimum atomic E-state index is -0.226. The molecule has 0 aliphatic carbocycles. The summed E-state index contributed by atoms with van der Waals surface area (Å²) in [6.07, 6.45) is 4.43. The Morgan fingerprint density at radius 1 is 1.24 bits per heavy atom. The number of aromatic nitrogens is 3. The molecule has 2 N–H and O–H groups in total. The van der Waals surface area contributed by atoms with Crippen LogP contribution in [0.25, 0.3) is 10.6 Å². The molecule has 0 unspecified atom stereocenters. The fourth-order valence-corrected chi connectivity index (χ4v) is 2.80. The van der Waals surface area contributed by atoms with Gasteiger partial charge in [-0.05, 0) is 24.3 Å². The molecule has 3 rings (SSSR count). The van der Waals surface area contributed by atoms with Crippen molar-refractivity contribution in [2.24, 2.45) is 0 Å². The molecule has 108 valence electrons. The number of nitrogens with zero attached hydrogens (tertiary/aromatic N) is 2. The summed E-state index contributed by atoms with van der Waals surface area (Å²) in [4.78, 5) is 11.6. The molecule has 0 saturated carbocycles. The van der Waals surface area contributed by atoms with Crippen molar-refractivity contribution >= 4 is 11.3 Å². The minimum absolute atomic E-state index is 0.226. The lowest BCUT2D eigenvalue weighted by atomic mass is 10.2. The third-order valence-corrected chi connectivity index (χ3v) is 4.02. The van der Waals surface area contributed by atoms with Crippen molar-refractivity contribution < 1.29 is 4.39 Å². The number of imidazole rings is 1. The Bertz CT molecular complexity index is 676. The molecule has 1 aromatic carbocycles. The van der Waals surface area contributed by atoms with Gasteiger partial charge in [0.1, 0.15) is 10.8 Å². The quantitative estimate of drug-likeness (QED) is 0.688. The third-order valence-electron chi connectivity index (χ3n) is 3.08. The van der Waals surface area contributed by atoms with E-state index < -0.39 is 0 Å². The van der Waals surface area contributed by atoms with Gasteiger partial charge in [-0.3, -0.25) is 0 Å². The second-order valence-corrected chi connectivity index (χ2v) is 5.51. The van der Waals surface area contributed by atoms with Crippen LogP contribution in [0.15, 0.2) is 42.2 Å². The summed E-state index contributed by atoms with van der Waals surface area (Å²) < 4.78 is 12.9. The van der Waals surface area contributed by atoms with E-state index in [0.29, 0.717) is 0 Å². The maximum atomic E-state index is 12.9. The molecule has 2 aromatic heterocycles. The second kappa shape index (κ2) is 6.60. The van der Waals surface area contributed by atoms with Crippen LogP contribution in [0, 0.1) is 5.82 Å². The summed E-state index contributed by atoms with van der Waals surface area (Å²) in [5.41, 5.74) is 3.07. The van der Waals surface area contributed by atoms with E-state index in [9.17, 15) is 4.39 Å². The van der Waals surface area contributed by atoms with Crippen LogP contribution >= 0.6 is 11.3 Å². The van der Waals surface area contributed by atoms with Crippen molar-refractivity contribution in [1.82, 2.24) is 20.3 Å². The monoisotopic (exact) mass is 302 g/mol. The second-order valence-electron chi connectivity index (χ2n) is 4.65. The van der Waals surface area contributed by atoms with E-state index in [0.717, 1.165) is 41.5 Å². The summed E-state index contributed by atoms with van der Waals surface area (Å²) in [6, 6.07) is 6.42. The predicted molar refractivity (Wildman–Crippen MR) is 81.5 cm³/mol. The average Bonchev–Trinajstić information content (AvgIpc) is 3.16. The molecule has 0 bridgehead atoms. The fraction of sp³-hybridized carbons (Fsp3) is 0.200. The van der Waals surface area contributed by atoms with E-state index in [1.807, 2.05) is 11.6 Å². The molecular weight excluding hydrogens is 287 g/mol. The van der Waals surface area contributed by atoms with Gasteiger partial charge in [-0.1, -0.05) is 0 Å². The van der Waals surface area contributed by atoms with Crippen molar-refractivity contribution in [3.05, 3.63) is 59.4 Å². The zero-order valence-corrected chi connectivity index (χ0v) is 12.2. The van der Waals surface area contributed by atoms with Gasteiger partial charge in [-0.2, -0.15) is 0 Å². The number of hydrogen-bond acceptors (Lipinski definition) is 4. The number of thiazole rings is 1. The first-order valence-corrected chi connectivity index (χ1v) is 7.57. The number of halogens is 1. The summed E-state index contributed by atoms with van der Waals surface area (Å²) >= 11 is 1.57. The molecule has 0 aliphatic heterocycles. The van der Waals surface area contributed by atoms with Gasteiger partial charge in [0, 0.05) is 42.3 Å². The number of nitrogens with one attached hydrogen (secondary N) is 2. The average molecular weight is 302 g/mol. The number of aromatic amines is 1. The number of H-pyrrole nitrogens is 1. The van der Waals surface area contributed by atoms with Crippen LogP contribution in [0.1, 0.15) is 11.4 Å². The molecule has 0 spiro atoms. The standard InChI is InChI=1S/C15H15FN4S/c16-12-3-1-11(2-4-12)15-20-14(9-21-15)8-17-6-5-13-7-18-10-19-13/h1-4,7,9-10,17H,5-6,8H2,(H,18,19). The van der Waals surface area contributed by atoms with Crippen LogP contribution in [0.5, 0.6) is 0 Å². The van der Waals surface area contributed by atoms with Crippen molar-refractivity contribution in [2.45, 2.75) is 13.0 Å². The normalized spacial score (nSPS) is 10.9. The molecule has 6 heteroatoms. The van der Waals surface area contributed by atoms with Crippen molar-refractivity contribution in [3.63, 3.8) is 0 Å². The largest absolute Gasteiger partial charge is 0.348 e. The highest BCUT2D eigenvalue weighted by molar-refractivity contribution is 7.13. The van der Waals surface area contributed by atoms with Crippen LogP contribution in [0.3, 0.4) is 0 Å². The van der Waals surface area contributed by atoms with E-state index in [1.165, 1.54) is 12.1 Å². The molecule has 0 fully saturated rings. The van der Waals surface area contributed by atoms with Gasteiger partial charge in [0.05, 0.1) is 12.0 Å². The van der Waals surface area contributed by atoms with E-state index in [4.69, 9.17) is 0 Å². The topological polar surface area (TPSA) is 53.6 Å². The van der Waals surface area contributed by atoms with Gasteiger partial charge < -0.3 is 10.3 Å². The molecular formula is C15H15FN4S. The molecule has 3 aromatic rings. The van der Waals surface area contributed by atoms with Gasteiger partial charge in [-0.15, -0.1) is 11.3 Å². The van der Waals surface area contributed by atoms with Gasteiger partial charge >= 0.3 is 0 Å². The summed E-state index contributed by atoms with van der Waals surface area (Å²) in [6.45, 7) is 1.59. The Hall–Kier alpha value is -2.05. The molecule has 0 atom stereocenters. The Balaban J connectivity index is 1.52. The number of hydrogen-bond donors (Lipinski definition) is 2. The Labute approximate surface area is 126 Å². The zero-order valence-electron chi connectivity index (χ0n) is 11.3. The van der Waals surface area contributed by atoms with Crippen LogP contribution in [-0.4, -0.2) is 21.5 Å². The van der Waals surface area contributed by atoms with Crippen molar-refractivity contribution in [2.75, 3.05) is 6.54 Å². The minimum Gasteiger partial charge on any atom is -0.348 e. The summed E-state index contributed by atoms with van der Waals surface area (Å²) in [7, 11) is 0. The van der Waals surface area contributed by atoms with Gasteiger partial charge in [0.15, 0.2) is 0 Å². The van der Waals surface area contributed by atoms with Crippen LogP contribution in [-0.2, 0) is 13.0 Å². The highest BCUT2D eigenvalue weighted by Gasteiger charge is 2.04. The Morgan fingerprint density at radius 2 is 2.10 bits per heavy atom. The summed E-state index contributed by atoms with van der Waals surface area (Å²) in [5, 5.41) is 6.30. The van der Waals surface area contributed by atoms with Gasteiger partial charge in [0.2, 0.25) is 0 Å². The Morgan fingerprint density at radius 3 is 2.86 bits per heavy atom. The molecule has 0 saturated heterocycles. The lowest BCUT2D eigenvalue weighted by molar-refractivity contribution is 0.628. The maximum absolute atomic E-state index is 12.9. The van der Waals surface area contributed by atoms with Gasteiger partial charge in [-0.25, -0.2) is 14.4 Å². The van der Waals surface area contributed by atoms with E-state index >= 15 is 0 Å². The van der Waals surface area contributed by atoms with Crippen LogP contribution in [0.4, 0.5) is 4.39 Å². The first-order valence-electron chi connectivity index (χ1n) is 6.69. The molecule has 21 heavy (non-hydrogen) atoms. The third kappa shape index (κ3) is 3.74. The van der Waals surface area contributed by atoms with Crippen LogP contribution < -0.4 is 5.32 Å². The SMILES string of the molecule is Fc1ccc(-c2nc(CNCCc3cnc[nH]3)cs2)cc1. The highest BCUT2D eigenvalue weighted by Crippen LogP contribution is 2.23. The first-order chi connectivity index (χ1) is 10.3. The lowest BCUT2D eigenvalue weighted by Gasteiger charge is -2.01. The molecule has 0 amide bonds. The molecule has 0 radical (unpaired) electrons. The molecule has 4 nitrogen and oxygen atoms in total. The van der Waals surface area contributed by atoms with E-state index in [2.05, 4.69) is 20.3 Å². The molecule has 2 heterocycles. The van der Waals surface area contributed by atoms with Crippen LogP contribution in [0.2, 0.25) is 0 Å². The van der Waals surface area contributed by atoms with E-state index in [-0.39, 0.29) is 5.82 Å². The van der Waals surface area contributed by atoms with Crippen molar-refractivity contribution in [3.8, 4) is 10.6 Å². The highest BCUT2D eigenvalue weighted by atomic mass is 32.1. The van der Waals surface area contributed by atoms with Gasteiger partial charge in [0.25, 0.3) is 0 Å². The smallest absolute Gasteiger partial charge is 0.123 e. The Kier molecular flexibility index (Phi) is 4.37. The predicted octanol–water partition coefficient (Wildman–Crippen LogP) is 3.00. The first kappa shape index (κ1) is 13.9. The molecule has 0 aliphatic rings. The lowest BCUT2D eigenvalue weighted by Crippen LogP contribution is -2.16. The number of rotatable bonds is 6. The van der Waals surface area contributed by atoms with Crippen molar-refractivity contribution in [1.29, 1.82) is 0 Å². The van der Waals surface area contributed by atoms with E-state index in [1.54, 1.807) is 29.8 Å². The summed E-state index contributed by atoms with van der Waals surface area (Å²) in [5.74, 6) is -0.226.